The Kier molecular flexibility index (Phi) is 5.41. The van der Waals surface area contributed by atoms with Crippen LogP contribution in [0.4, 0.5) is 0 Å². The first-order chi connectivity index (χ1) is 7.56. The monoisotopic (exact) mass is 246 g/mol. The molecule has 1 N–H and O–H groups in total. The van der Waals surface area contributed by atoms with Crippen molar-refractivity contribution >= 4 is 16.7 Å². The number of rotatable bonds is 6. The van der Waals surface area contributed by atoms with Gasteiger partial charge in [-0.15, -0.1) is 0 Å². The first-order valence-corrected chi connectivity index (χ1v) is 7.52. The number of hydrogen-bond donors (Lipinski definition) is 1. The van der Waals surface area contributed by atoms with Gasteiger partial charge in [-0.1, -0.05) is 13.8 Å². The summed E-state index contributed by atoms with van der Waals surface area (Å²) in [5, 5.41) is 3.36. The molecule has 1 heterocycles. The van der Waals surface area contributed by atoms with E-state index in [-0.39, 0.29) is 17.2 Å². The van der Waals surface area contributed by atoms with Crippen molar-refractivity contribution in [3.05, 3.63) is 0 Å². The van der Waals surface area contributed by atoms with Gasteiger partial charge in [0.15, 0.2) is 0 Å². The summed E-state index contributed by atoms with van der Waals surface area (Å²) in [7, 11) is -0.787. The number of likely N-dealkylation sites (N-methyl/N-ethyl adjacent to an activating group) is 1. The van der Waals surface area contributed by atoms with Crippen molar-refractivity contribution in [2.24, 2.45) is 0 Å². The summed E-state index contributed by atoms with van der Waals surface area (Å²) >= 11 is 0. The highest BCUT2D eigenvalue weighted by atomic mass is 32.2. The SMILES string of the molecule is CCNC1CCN(CCC(C)S(C)=O)C1=O. The number of carbonyl (C=O) groups is 1. The van der Waals surface area contributed by atoms with Crippen LogP contribution < -0.4 is 5.32 Å². The molecule has 16 heavy (non-hydrogen) atoms. The lowest BCUT2D eigenvalue weighted by Crippen LogP contribution is -2.39. The maximum absolute atomic E-state index is 11.9. The molecule has 0 aliphatic carbocycles. The van der Waals surface area contributed by atoms with Crippen LogP contribution in [0, 0.1) is 0 Å². The lowest BCUT2D eigenvalue weighted by molar-refractivity contribution is -0.129. The van der Waals surface area contributed by atoms with Gasteiger partial charge in [-0.3, -0.25) is 9.00 Å². The van der Waals surface area contributed by atoms with Gasteiger partial charge in [-0.25, -0.2) is 0 Å². The normalized spacial score (nSPS) is 24.8. The van der Waals surface area contributed by atoms with Crippen LogP contribution in [-0.4, -0.2) is 52.2 Å². The molecule has 1 aliphatic heterocycles. The van der Waals surface area contributed by atoms with Crippen LogP contribution in [-0.2, 0) is 15.6 Å². The number of amides is 1. The molecule has 1 rings (SSSR count). The van der Waals surface area contributed by atoms with Crippen molar-refractivity contribution in [2.45, 2.75) is 38.0 Å². The zero-order chi connectivity index (χ0) is 12.1. The quantitative estimate of drug-likeness (QED) is 0.736. The summed E-state index contributed by atoms with van der Waals surface area (Å²) in [5.74, 6) is 0.205. The minimum atomic E-state index is -0.787. The Morgan fingerprint density at radius 3 is 2.88 bits per heavy atom. The van der Waals surface area contributed by atoms with Gasteiger partial charge in [0, 0.05) is 35.4 Å². The molecular weight excluding hydrogens is 224 g/mol. The largest absolute Gasteiger partial charge is 0.341 e. The van der Waals surface area contributed by atoms with Gasteiger partial charge in [-0.2, -0.15) is 0 Å². The zero-order valence-corrected chi connectivity index (χ0v) is 11.2. The van der Waals surface area contributed by atoms with E-state index in [9.17, 15) is 9.00 Å². The minimum absolute atomic E-state index is 0.00688. The van der Waals surface area contributed by atoms with Gasteiger partial charge < -0.3 is 10.2 Å². The molecule has 4 nitrogen and oxygen atoms in total. The van der Waals surface area contributed by atoms with Crippen molar-refractivity contribution in [1.82, 2.24) is 10.2 Å². The van der Waals surface area contributed by atoms with Crippen molar-refractivity contribution in [1.29, 1.82) is 0 Å². The Bertz CT molecular complexity index is 271. The number of nitrogens with one attached hydrogen (secondary N) is 1. The van der Waals surface area contributed by atoms with E-state index in [4.69, 9.17) is 0 Å². The second-order valence-electron chi connectivity index (χ2n) is 4.32. The summed E-state index contributed by atoms with van der Waals surface area (Å²) in [5.41, 5.74) is 0. The molecule has 3 unspecified atom stereocenters. The first-order valence-electron chi connectivity index (χ1n) is 5.90. The maximum atomic E-state index is 11.9. The minimum Gasteiger partial charge on any atom is -0.341 e. The summed E-state index contributed by atoms with van der Waals surface area (Å²) < 4.78 is 11.2. The molecule has 0 spiro atoms. The number of nitrogens with zero attached hydrogens (tertiary/aromatic N) is 1. The molecule has 0 aromatic carbocycles. The van der Waals surface area contributed by atoms with Gasteiger partial charge in [0.2, 0.25) is 5.91 Å². The Hall–Kier alpha value is -0.420. The highest BCUT2D eigenvalue weighted by Gasteiger charge is 2.30. The second kappa shape index (κ2) is 6.35. The summed E-state index contributed by atoms with van der Waals surface area (Å²) in [6.45, 7) is 6.39. The molecule has 0 aromatic heterocycles. The Morgan fingerprint density at radius 1 is 1.62 bits per heavy atom. The van der Waals surface area contributed by atoms with Crippen molar-refractivity contribution in [3.63, 3.8) is 0 Å². The van der Waals surface area contributed by atoms with E-state index in [0.29, 0.717) is 0 Å². The van der Waals surface area contributed by atoms with Gasteiger partial charge >= 0.3 is 0 Å². The van der Waals surface area contributed by atoms with E-state index < -0.39 is 10.8 Å². The lowest BCUT2D eigenvalue weighted by atomic mass is 10.2. The molecule has 0 saturated carbocycles. The Balaban J connectivity index is 2.34. The average Bonchev–Trinajstić information content (AvgIpc) is 2.58. The van der Waals surface area contributed by atoms with E-state index in [1.54, 1.807) is 6.26 Å². The van der Waals surface area contributed by atoms with Gasteiger partial charge in [0.1, 0.15) is 0 Å². The highest BCUT2D eigenvalue weighted by molar-refractivity contribution is 7.84. The Labute approximate surface area is 100 Å². The van der Waals surface area contributed by atoms with Crippen molar-refractivity contribution in [2.75, 3.05) is 25.9 Å². The third-order valence-corrected chi connectivity index (χ3v) is 4.49. The second-order valence-corrected chi connectivity index (χ2v) is 6.12. The molecule has 0 bridgehead atoms. The molecule has 1 amide bonds. The molecule has 1 fully saturated rings. The predicted octanol–water partition coefficient (Wildman–Crippen LogP) is 0.354. The van der Waals surface area contributed by atoms with E-state index in [0.717, 1.165) is 32.5 Å². The molecule has 94 valence electrons. The van der Waals surface area contributed by atoms with Crippen LogP contribution in [0.25, 0.3) is 0 Å². The summed E-state index contributed by atoms with van der Waals surface area (Å²) in [6.07, 6.45) is 3.45. The van der Waals surface area contributed by atoms with E-state index in [1.165, 1.54) is 0 Å². The highest BCUT2D eigenvalue weighted by Crippen LogP contribution is 2.12. The third-order valence-electron chi connectivity index (χ3n) is 3.12. The number of hydrogen-bond acceptors (Lipinski definition) is 3. The van der Waals surface area contributed by atoms with Crippen LogP contribution in [0.3, 0.4) is 0 Å². The fraction of sp³-hybridized carbons (Fsp3) is 0.909. The van der Waals surface area contributed by atoms with E-state index in [1.807, 2.05) is 18.7 Å². The maximum Gasteiger partial charge on any atom is 0.239 e. The van der Waals surface area contributed by atoms with Gasteiger partial charge in [0.25, 0.3) is 0 Å². The van der Waals surface area contributed by atoms with Crippen LogP contribution in [0.15, 0.2) is 0 Å². The van der Waals surface area contributed by atoms with Crippen LogP contribution in [0.2, 0.25) is 0 Å². The van der Waals surface area contributed by atoms with Crippen LogP contribution in [0.1, 0.15) is 26.7 Å². The number of carbonyl (C=O) groups excluding carboxylic acids is 1. The topological polar surface area (TPSA) is 49.4 Å². The van der Waals surface area contributed by atoms with E-state index in [2.05, 4.69) is 5.32 Å². The zero-order valence-electron chi connectivity index (χ0n) is 10.4. The molecule has 3 atom stereocenters. The summed E-state index contributed by atoms with van der Waals surface area (Å²) in [4.78, 5) is 13.8. The summed E-state index contributed by atoms with van der Waals surface area (Å²) in [6, 6.07) is 0.00688. The molecule has 1 aliphatic rings. The fourth-order valence-electron chi connectivity index (χ4n) is 1.90. The van der Waals surface area contributed by atoms with E-state index >= 15 is 0 Å². The predicted molar refractivity (Wildman–Crippen MR) is 66.8 cm³/mol. The number of likely N-dealkylation sites (tertiary alicyclic amines) is 1. The molecule has 0 aromatic rings. The van der Waals surface area contributed by atoms with Gasteiger partial charge in [0.05, 0.1) is 6.04 Å². The third kappa shape index (κ3) is 3.56. The average molecular weight is 246 g/mol. The van der Waals surface area contributed by atoms with Crippen molar-refractivity contribution < 1.29 is 9.00 Å². The molecular formula is C11H22N2O2S. The fourth-order valence-corrected chi connectivity index (χ4v) is 2.34. The Morgan fingerprint density at radius 2 is 2.31 bits per heavy atom. The molecule has 0 radical (unpaired) electrons. The van der Waals surface area contributed by atoms with Crippen LogP contribution in [0.5, 0.6) is 0 Å². The molecule has 1 saturated heterocycles. The van der Waals surface area contributed by atoms with Crippen LogP contribution >= 0.6 is 0 Å². The lowest BCUT2D eigenvalue weighted by Gasteiger charge is -2.18. The molecule has 5 heteroatoms. The standard InChI is InChI=1S/C11H22N2O2S/c1-4-12-10-6-8-13(11(10)14)7-5-9(2)16(3)15/h9-10,12H,4-8H2,1-3H3. The smallest absolute Gasteiger partial charge is 0.239 e. The first kappa shape index (κ1) is 13.6. The van der Waals surface area contributed by atoms with Crippen molar-refractivity contribution in [3.8, 4) is 0 Å². The van der Waals surface area contributed by atoms with Gasteiger partial charge in [-0.05, 0) is 19.4 Å².